The Kier molecular flexibility index (Phi) is 9.21. The molecule has 0 aliphatic heterocycles. The summed E-state index contributed by atoms with van der Waals surface area (Å²) in [6.07, 6.45) is 1.37. The molecule has 0 fully saturated rings. The van der Waals surface area contributed by atoms with Gasteiger partial charge in [0.1, 0.15) is 30.6 Å². The molecule has 0 spiro atoms. The number of nitrogens with one attached hydrogen (secondary N) is 1. The second-order valence-corrected chi connectivity index (χ2v) is 11.2. The monoisotopic (exact) mass is 542 g/mol. The maximum atomic E-state index is 12.6. The van der Waals surface area contributed by atoms with Crippen LogP contribution in [0.25, 0.3) is 6.08 Å². The van der Waals surface area contributed by atoms with E-state index in [-0.39, 0.29) is 27.4 Å². The lowest BCUT2D eigenvalue weighted by atomic mass is 10.1. The van der Waals surface area contributed by atoms with Crippen molar-refractivity contribution in [3.63, 3.8) is 0 Å². The number of rotatable bonds is 11. The number of carbonyl (C=O) groups excluding carboxylic acids is 1. The molecule has 0 unspecified atom stereocenters. The molecule has 37 heavy (non-hydrogen) atoms. The quantitative estimate of drug-likeness (QED) is 0.165. The van der Waals surface area contributed by atoms with E-state index in [1.54, 1.807) is 18.2 Å². The zero-order chi connectivity index (χ0) is 27.0. The van der Waals surface area contributed by atoms with Crippen LogP contribution in [0.4, 0.5) is 5.13 Å². The van der Waals surface area contributed by atoms with E-state index < -0.39 is 15.7 Å². The van der Waals surface area contributed by atoms with Crippen LogP contribution in [-0.4, -0.2) is 50.6 Å². The Morgan fingerprint density at radius 1 is 1.11 bits per heavy atom. The Morgan fingerprint density at radius 2 is 1.81 bits per heavy atom. The first-order valence-electron chi connectivity index (χ1n) is 11.2. The molecule has 10 nitrogen and oxygen atoms in total. The number of aryl methyl sites for hydroxylation is 2. The minimum atomic E-state index is -3.55. The fourth-order valence-electron chi connectivity index (χ4n) is 3.20. The summed E-state index contributed by atoms with van der Waals surface area (Å²) in [6, 6.07) is 12.7. The molecule has 0 aliphatic carbocycles. The van der Waals surface area contributed by atoms with Gasteiger partial charge in [-0.05, 0) is 48.7 Å². The van der Waals surface area contributed by atoms with Gasteiger partial charge in [0.15, 0.2) is 11.5 Å². The predicted octanol–water partition coefficient (Wildman–Crippen LogP) is 3.96. The van der Waals surface area contributed by atoms with Crippen molar-refractivity contribution in [2.24, 2.45) is 0 Å². The minimum absolute atomic E-state index is 0.0254. The predicted molar refractivity (Wildman–Crippen MR) is 140 cm³/mol. The molecule has 2 aromatic carbocycles. The summed E-state index contributed by atoms with van der Waals surface area (Å²) in [5.41, 5.74) is 2.40. The zero-order valence-corrected chi connectivity index (χ0v) is 22.4. The summed E-state index contributed by atoms with van der Waals surface area (Å²) in [5, 5.41) is 19.1. The van der Waals surface area contributed by atoms with E-state index in [4.69, 9.17) is 14.2 Å². The fraction of sp³-hybridized carbons (Fsp3) is 0.280. The molecule has 194 valence electrons. The molecule has 3 aromatic rings. The van der Waals surface area contributed by atoms with Crippen molar-refractivity contribution >= 4 is 38.3 Å². The Morgan fingerprint density at radius 3 is 2.46 bits per heavy atom. The van der Waals surface area contributed by atoms with Crippen molar-refractivity contribution < 1.29 is 27.4 Å². The van der Waals surface area contributed by atoms with E-state index in [9.17, 15) is 18.5 Å². The van der Waals surface area contributed by atoms with Crippen molar-refractivity contribution in [2.75, 3.05) is 31.4 Å². The van der Waals surface area contributed by atoms with Gasteiger partial charge in [-0.3, -0.25) is 10.1 Å². The largest absolute Gasteiger partial charge is 0.493 e. The average molecular weight is 543 g/mol. The maximum Gasteiger partial charge on any atom is 0.268 e. The van der Waals surface area contributed by atoms with Crippen LogP contribution in [0.2, 0.25) is 0 Å². The van der Waals surface area contributed by atoms with Gasteiger partial charge in [-0.1, -0.05) is 42.5 Å². The number of nitriles is 1. The van der Waals surface area contributed by atoms with Crippen LogP contribution in [0, 0.1) is 25.2 Å². The number of nitrogens with zero attached hydrogens (tertiary/aromatic N) is 3. The molecule has 12 heteroatoms. The zero-order valence-electron chi connectivity index (χ0n) is 20.8. The van der Waals surface area contributed by atoms with Gasteiger partial charge in [0.2, 0.25) is 19.3 Å². The second-order valence-electron chi connectivity index (χ2n) is 7.73. The van der Waals surface area contributed by atoms with Crippen LogP contribution >= 0.6 is 11.3 Å². The van der Waals surface area contributed by atoms with E-state index >= 15 is 0 Å². The summed E-state index contributed by atoms with van der Waals surface area (Å²) in [5.74, 6) is 0.836. The second kappa shape index (κ2) is 12.3. The van der Waals surface area contributed by atoms with Crippen LogP contribution in [0.5, 0.6) is 17.2 Å². The first-order chi connectivity index (χ1) is 17.7. The van der Waals surface area contributed by atoms with E-state index in [1.807, 2.05) is 38.1 Å². The molecule has 0 aliphatic rings. The summed E-state index contributed by atoms with van der Waals surface area (Å²) in [7, 11) is -2.06. The Balaban J connectivity index is 1.66. The topological polar surface area (TPSA) is 140 Å². The highest BCUT2D eigenvalue weighted by atomic mass is 32.2. The van der Waals surface area contributed by atoms with Gasteiger partial charge in [-0.15, -0.1) is 10.2 Å². The number of methoxy groups -OCH3 is 1. The highest BCUT2D eigenvalue weighted by Crippen LogP contribution is 2.29. The molecule has 1 heterocycles. The standard InChI is InChI=1S/C25H26N4O6S2/c1-5-37(31,32)25-29-28-24(36-25)27-23(30)19(15-26)13-18-9-10-20(21(14-18)33-4)34-11-12-35-22-16(2)7-6-8-17(22)3/h6-10,13-14H,5,11-12H2,1-4H3,(H,27,28,30)/b19-13-. The Bertz CT molecular complexity index is 1440. The van der Waals surface area contributed by atoms with Crippen molar-refractivity contribution in [3.8, 4) is 23.3 Å². The van der Waals surface area contributed by atoms with Gasteiger partial charge in [0.05, 0.1) is 12.9 Å². The van der Waals surface area contributed by atoms with Crippen LogP contribution in [-0.2, 0) is 14.6 Å². The third-order valence-corrected chi connectivity index (χ3v) is 8.15. The minimum Gasteiger partial charge on any atom is -0.493 e. The molecular weight excluding hydrogens is 516 g/mol. The molecule has 1 N–H and O–H groups in total. The summed E-state index contributed by atoms with van der Waals surface area (Å²) >= 11 is 0.719. The fourth-order valence-corrected chi connectivity index (χ4v) is 5.19. The molecule has 0 atom stereocenters. The normalized spacial score (nSPS) is 11.5. The number of anilines is 1. The number of aromatic nitrogens is 2. The number of sulfone groups is 1. The lowest BCUT2D eigenvalue weighted by Crippen LogP contribution is -2.13. The molecule has 0 radical (unpaired) electrons. The Labute approximate surface area is 219 Å². The van der Waals surface area contributed by atoms with Crippen LogP contribution in [0.1, 0.15) is 23.6 Å². The smallest absolute Gasteiger partial charge is 0.268 e. The van der Waals surface area contributed by atoms with E-state index in [0.717, 1.165) is 28.2 Å². The summed E-state index contributed by atoms with van der Waals surface area (Å²) in [4.78, 5) is 12.6. The van der Waals surface area contributed by atoms with Crippen molar-refractivity contribution in [2.45, 2.75) is 25.1 Å². The molecular formula is C25H26N4O6S2. The SMILES string of the molecule is CCS(=O)(=O)c1nnc(NC(=O)/C(C#N)=C\c2ccc(OCCOc3c(C)cccc3C)c(OC)c2)s1. The number of para-hydroxylation sites is 1. The van der Waals surface area contributed by atoms with Gasteiger partial charge >= 0.3 is 0 Å². The highest BCUT2D eigenvalue weighted by molar-refractivity contribution is 7.93. The van der Waals surface area contributed by atoms with Gasteiger partial charge in [0, 0.05) is 0 Å². The van der Waals surface area contributed by atoms with Crippen LogP contribution in [0.3, 0.4) is 0 Å². The third-order valence-electron chi connectivity index (χ3n) is 5.13. The summed E-state index contributed by atoms with van der Waals surface area (Å²) in [6.45, 7) is 6.06. The van der Waals surface area contributed by atoms with Gasteiger partial charge in [-0.25, -0.2) is 8.42 Å². The van der Waals surface area contributed by atoms with Crippen LogP contribution in [0.15, 0.2) is 46.3 Å². The Hall–Kier alpha value is -3.95. The number of carbonyl (C=O) groups is 1. The highest BCUT2D eigenvalue weighted by Gasteiger charge is 2.20. The number of hydrogen-bond acceptors (Lipinski definition) is 10. The average Bonchev–Trinajstić information content (AvgIpc) is 3.36. The van der Waals surface area contributed by atoms with E-state index in [2.05, 4.69) is 15.5 Å². The van der Waals surface area contributed by atoms with Crippen molar-refractivity contribution in [3.05, 3.63) is 58.7 Å². The molecule has 3 rings (SSSR count). The van der Waals surface area contributed by atoms with Crippen molar-refractivity contribution in [1.82, 2.24) is 10.2 Å². The molecule has 0 saturated carbocycles. The third kappa shape index (κ3) is 7.05. The maximum absolute atomic E-state index is 12.6. The van der Waals surface area contributed by atoms with Crippen LogP contribution < -0.4 is 19.5 Å². The first kappa shape index (κ1) is 27.6. The van der Waals surface area contributed by atoms with E-state index in [1.165, 1.54) is 20.1 Å². The number of amides is 1. The van der Waals surface area contributed by atoms with E-state index in [0.29, 0.717) is 23.7 Å². The van der Waals surface area contributed by atoms with Gasteiger partial charge in [0.25, 0.3) is 5.91 Å². The summed E-state index contributed by atoms with van der Waals surface area (Å²) < 4.78 is 40.7. The molecule has 0 bridgehead atoms. The van der Waals surface area contributed by atoms with Gasteiger partial charge in [-0.2, -0.15) is 5.26 Å². The molecule has 0 saturated heterocycles. The van der Waals surface area contributed by atoms with Gasteiger partial charge < -0.3 is 14.2 Å². The lowest BCUT2D eigenvalue weighted by molar-refractivity contribution is -0.112. The molecule has 1 amide bonds. The number of hydrogen-bond donors (Lipinski definition) is 1. The first-order valence-corrected chi connectivity index (χ1v) is 13.6. The molecule has 1 aromatic heterocycles. The number of ether oxygens (including phenoxy) is 3. The van der Waals surface area contributed by atoms with Crippen molar-refractivity contribution in [1.29, 1.82) is 5.26 Å². The number of benzene rings is 2. The lowest BCUT2D eigenvalue weighted by Gasteiger charge is -2.14.